The minimum absolute atomic E-state index is 0.138. The van der Waals surface area contributed by atoms with E-state index < -0.39 is 10.0 Å². The lowest BCUT2D eigenvalue weighted by Crippen LogP contribution is -2.36. The Kier molecular flexibility index (Phi) is 5.68. The topological polar surface area (TPSA) is 67.4 Å². The molecule has 2 N–H and O–H groups in total. The Morgan fingerprint density at radius 1 is 1.44 bits per heavy atom. The maximum absolute atomic E-state index is 11.6. The lowest BCUT2D eigenvalue weighted by atomic mass is 10.1. The van der Waals surface area contributed by atoms with Crippen molar-refractivity contribution in [2.45, 2.75) is 26.3 Å². The molecular weight excluding hydrogens is 228 g/mol. The van der Waals surface area contributed by atoms with Gasteiger partial charge >= 0.3 is 0 Å². The van der Waals surface area contributed by atoms with Crippen LogP contribution in [0, 0.1) is 5.92 Å². The molecule has 0 aliphatic carbocycles. The van der Waals surface area contributed by atoms with E-state index in [-0.39, 0.29) is 5.75 Å². The second-order valence-corrected chi connectivity index (χ2v) is 6.43. The SMILES string of the molecule is CC(C)NCCS(=O)(=O)NCC1CCOC1. The van der Waals surface area contributed by atoms with Crippen LogP contribution in [0.2, 0.25) is 0 Å². The normalized spacial score (nSPS) is 21.8. The summed E-state index contributed by atoms with van der Waals surface area (Å²) < 4.78 is 31.0. The van der Waals surface area contributed by atoms with Crippen LogP contribution in [0.5, 0.6) is 0 Å². The summed E-state index contributed by atoms with van der Waals surface area (Å²) >= 11 is 0. The average Bonchev–Trinajstić information content (AvgIpc) is 2.66. The summed E-state index contributed by atoms with van der Waals surface area (Å²) in [7, 11) is -3.13. The first kappa shape index (κ1) is 13.9. The van der Waals surface area contributed by atoms with E-state index >= 15 is 0 Å². The molecule has 1 unspecified atom stereocenters. The van der Waals surface area contributed by atoms with Gasteiger partial charge in [-0.15, -0.1) is 0 Å². The first-order valence-corrected chi connectivity index (χ1v) is 7.43. The van der Waals surface area contributed by atoms with Crippen molar-refractivity contribution < 1.29 is 13.2 Å². The molecule has 0 aromatic carbocycles. The predicted octanol–water partition coefficient (Wildman–Crippen LogP) is -0.0597. The van der Waals surface area contributed by atoms with Crippen molar-refractivity contribution in [3.8, 4) is 0 Å². The molecule has 1 saturated heterocycles. The molecular formula is C10H22N2O3S. The molecule has 0 spiro atoms. The minimum atomic E-state index is -3.13. The van der Waals surface area contributed by atoms with E-state index in [1.54, 1.807) is 0 Å². The van der Waals surface area contributed by atoms with E-state index in [1.807, 2.05) is 13.8 Å². The molecule has 1 rings (SSSR count). The first-order chi connectivity index (χ1) is 7.49. The number of ether oxygens (including phenoxy) is 1. The van der Waals surface area contributed by atoms with Gasteiger partial charge in [-0.05, 0) is 12.3 Å². The second-order valence-electron chi connectivity index (χ2n) is 4.51. The van der Waals surface area contributed by atoms with Gasteiger partial charge in [0, 0.05) is 25.7 Å². The maximum Gasteiger partial charge on any atom is 0.212 e. The fourth-order valence-corrected chi connectivity index (χ4v) is 2.56. The Balaban J connectivity index is 2.17. The Morgan fingerprint density at radius 3 is 2.75 bits per heavy atom. The monoisotopic (exact) mass is 250 g/mol. The predicted molar refractivity (Wildman–Crippen MR) is 63.9 cm³/mol. The van der Waals surface area contributed by atoms with Gasteiger partial charge in [-0.3, -0.25) is 0 Å². The summed E-state index contributed by atoms with van der Waals surface area (Å²) in [5, 5.41) is 3.09. The molecule has 1 aliphatic rings. The third-order valence-corrected chi connectivity index (χ3v) is 3.89. The fraction of sp³-hybridized carbons (Fsp3) is 1.00. The molecule has 1 aliphatic heterocycles. The molecule has 1 atom stereocenters. The van der Waals surface area contributed by atoms with Gasteiger partial charge in [-0.1, -0.05) is 13.8 Å². The van der Waals surface area contributed by atoms with E-state index in [4.69, 9.17) is 4.74 Å². The zero-order valence-corrected chi connectivity index (χ0v) is 10.8. The van der Waals surface area contributed by atoms with E-state index in [1.165, 1.54) is 0 Å². The molecule has 0 aromatic heterocycles. The van der Waals surface area contributed by atoms with E-state index in [2.05, 4.69) is 10.0 Å². The third kappa shape index (κ3) is 5.79. The Morgan fingerprint density at radius 2 is 2.19 bits per heavy atom. The highest BCUT2D eigenvalue weighted by Crippen LogP contribution is 2.10. The van der Waals surface area contributed by atoms with Crippen molar-refractivity contribution in [2.75, 3.05) is 32.1 Å². The van der Waals surface area contributed by atoms with E-state index in [9.17, 15) is 8.42 Å². The summed E-state index contributed by atoms with van der Waals surface area (Å²) in [6.07, 6.45) is 0.951. The Bertz CT molecular complexity index is 284. The van der Waals surface area contributed by atoms with Crippen molar-refractivity contribution in [2.24, 2.45) is 5.92 Å². The molecule has 6 heteroatoms. The van der Waals surface area contributed by atoms with Crippen molar-refractivity contribution in [1.82, 2.24) is 10.0 Å². The summed E-state index contributed by atoms with van der Waals surface area (Å²) in [5.41, 5.74) is 0. The largest absolute Gasteiger partial charge is 0.381 e. The number of hydrogen-bond acceptors (Lipinski definition) is 4. The zero-order chi connectivity index (χ0) is 12.0. The van der Waals surface area contributed by atoms with Crippen LogP contribution >= 0.6 is 0 Å². The van der Waals surface area contributed by atoms with Crippen molar-refractivity contribution in [3.63, 3.8) is 0 Å². The average molecular weight is 250 g/mol. The first-order valence-electron chi connectivity index (χ1n) is 5.78. The molecule has 1 heterocycles. The van der Waals surface area contributed by atoms with Crippen molar-refractivity contribution in [3.05, 3.63) is 0 Å². The summed E-state index contributed by atoms with van der Waals surface area (Å²) in [6, 6.07) is 0.318. The van der Waals surface area contributed by atoms with Gasteiger partial charge in [-0.2, -0.15) is 0 Å². The van der Waals surface area contributed by atoms with Gasteiger partial charge in [0.05, 0.1) is 12.4 Å². The lowest BCUT2D eigenvalue weighted by molar-refractivity contribution is 0.186. The van der Waals surface area contributed by atoms with E-state index in [0.717, 1.165) is 13.0 Å². The highest BCUT2D eigenvalue weighted by molar-refractivity contribution is 7.89. The molecule has 0 bridgehead atoms. The fourth-order valence-electron chi connectivity index (χ4n) is 1.54. The molecule has 5 nitrogen and oxygen atoms in total. The summed E-state index contributed by atoms with van der Waals surface area (Å²) in [6.45, 7) is 6.41. The molecule has 1 fully saturated rings. The number of nitrogens with one attached hydrogen (secondary N) is 2. The molecule has 0 amide bonds. The second kappa shape index (κ2) is 6.54. The zero-order valence-electron chi connectivity index (χ0n) is 10.0. The van der Waals surface area contributed by atoms with Gasteiger partial charge in [0.1, 0.15) is 0 Å². The van der Waals surface area contributed by atoms with Crippen LogP contribution in [-0.4, -0.2) is 46.5 Å². The van der Waals surface area contributed by atoms with Gasteiger partial charge < -0.3 is 10.1 Å². The van der Waals surface area contributed by atoms with Crippen LogP contribution < -0.4 is 10.0 Å². The van der Waals surface area contributed by atoms with Crippen molar-refractivity contribution >= 4 is 10.0 Å². The van der Waals surface area contributed by atoms with Crippen LogP contribution in [0.1, 0.15) is 20.3 Å². The smallest absolute Gasteiger partial charge is 0.212 e. The molecule has 0 aromatic rings. The van der Waals surface area contributed by atoms with Crippen LogP contribution in [0.3, 0.4) is 0 Å². The highest BCUT2D eigenvalue weighted by atomic mass is 32.2. The summed E-state index contributed by atoms with van der Waals surface area (Å²) in [5.74, 6) is 0.478. The van der Waals surface area contributed by atoms with Crippen molar-refractivity contribution in [1.29, 1.82) is 0 Å². The lowest BCUT2D eigenvalue weighted by Gasteiger charge is -2.11. The van der Waals surface area contributed by atoms with Gasteiger partial charge in [0.15, 0.2) is 0 Å². The van der Waals surface area contributed by atoms with Gasteiger partial charge in [0.25, 0.3) is 0 Å². The van der Waals surface area contributed by atoms with Gasteiger partial charge in [-0.25, -0.2) is 13.1 Å². The molecule has 96 valence electrons. The number of hydrogen-bond donors (Lipinski definition) is 2. The number of rotatable bonds is 7. The Labute approximate surface area is 98.0 Å². The third-order valence-electron chi connectivity index (χ3n) is 2.54. The molecule has 0 radical (unpaired) electrons. The number of sulfonamides is 1. The molecule has 16 heavy (non-hydrogen) atoms. The maximum atomic E-state index is 11.6. The van der Waals surface area contributed by atoms with Crippen LogP contribution in [0.25, 0.3) is 0 Å². The standard InChI is InChI=1S/C10H22N2O3S/c1-9(2)11-4-6-16(13,14)12-7-10-3-5-15-8-10/h9-12H,3-8H2,1-2H3. The van der Waals surface area contributed by atoms with Crippen LogP contribution in [0.4, 0.5) is 0 Å². The van der Waals surface area contributed by atoms with Gasteiger partial charge in [0.2, 0.25) is 10.0 Å². The Hall–Kier alpha value is -0.170. The minimum Gasteiger partial charge on any atom is -0.381 e. The highest BCUT2D eigenvalue weighted by Gasteiger charge is 2.18. The summed E-state index contributed by atoms with van der Waals surface area (Å²) in [4.78, 5) is 0. The van der Waals surface area contributed by atoms with Crippen LogP contribution in [0.15, 0.2) is 0 Å². The van der Waals surface area contributed by atoms with Crippen LogP contribution in [-0.2, 0) is 14.8 Å². The quantitative estimate of drug-likeness (QED) is 0.664. The molecule has 0 saturated carbocycles. The van der Waals surface area contributed by atoms with E-state index in [0.29, 0.717) is 31.7 Å².